The van der Waals surface area contributed by atoms with Crippen LogP contribution in [0.2, 0.25) is 0 Å². The van der Waals surface area contributed by atoms with E-state index in [1.54, 1.807) is 4.68 Å². The molecule has 2 fully saturated rings. The van der Waals surface area contributed by atoms with E-state index < -0.39 is 0 Å². The van der Waals surface area contributed by atoms with Gasteiger partial charge in [0.2, 0.25) is 5.91 Å². The number of nitrogens with one attached hydrogen (secondary N) is 2. The average molecular weight is 277 g/mol. The lowest BCUT2D eigenvalue weighted by Crippen LogP contribution is -2.42. The van der Waals surface area contributed by atoms with E-state index in [4.69, 9.17) is 0 Å². The van der Waals surface area contributed by atoms with Crippen LogP contribution in [0.15, 0.2) is 6.20 Å². The molecule has 6 heteroatoms. The molecule has 2 heterocycles. The number of carbonyl (C=O) groups is 1. The Hall–Kier alpha value is -1.43. The first kappa shape index (κ1) is 13.5. The fourth-order valence-corrected chi connectivity index (χ4v) is 3.73. The molecule has 1 aliphatic carbocycles. The van der Waals surface area contributed by atoms with Gasteiger partial charge in [-0.15, -0.1) is 5.10 Å². The summed E-state index contributed by atoms with van der Waals surface area (Å²) in [6.45, 7) is 2.28. The number of nitrogens with zero attached hydrogens (tertiary/aromatic N) is 3. The van der Waals surface area contributed by atoms with Crippen LogP contribution in [0.5, 0.6) is 0 Å². The van der Waals surface area contributed by atoms with Gasteiger partial charge in [-0.25, -0.2) is 0 Å². The van der Waals surface area contributed by atoms with Crippen molar-refractivity contribution in [1.29, 1.82) is 0 Å². The van der Waals surface area contributed by atoms with Crippen LogP contribution in [0.3, 0.4) is 0 Å². The Kier molecular flexibility index (Phi) is 3.74. The van der Waals surface area contributed by atoms with Crippen LogP contribution in [-0.4, -0.2) is 34.0 Å². The monoisotopic (exact) mass is 277 g/mol. The van der Waals surface area contributed by atoms with Crippen LogP contribution in [0.25, 0.3) is 0 Å². The molecule has 1 spiro atoms. The minimum absolute atomic E-state index is 0.111. The highest BCUT2D eigenvalue weighted by atomic mass is 16.2. The largest absolute Gasteiger partial charge is 0.350 e. The van der Waals surface area contributed by atoms with E-state index in [0.717, 1.165) is 18.8 Å². The second-order valence-electron chi connectivity index (χ2n) is 6.21. The van der Waals surface area contributed by atoms with Gasteiger partial charge in [-0.3, -0.25) is 9.48 Å². The minimum Gasteiger partial charge on any atom is -0.350 e. The maximum atomic E-state index is 12.5. The summed E-state index contributed by atoms with van der Waals surface area (Å²) in [7, 11) is 1.83. The average Bonchev–Trinajstić information content (AvgIpc) is 3.04. The van der Waals surface area contributed by atoms with Gasteiger partial charge in [0.25, 0.3) is 0 Å². The number of aromatic nitrogens is 3. The van der Waals surface area contributed by atoms with Crippen LogP contribution in [0.4, 0.5) is 0 Å². The van der Waals surface area contributed by atoms with Crippen molar-refractivity contribution >= 4 is 5.91 Å². The van der Waals surface area contributed by atoms with E-state index in [-0.39, 0.29) is 17.2 Å². The standard InChI is InChI=1S/C14H23N5O/c1-19-9-11(17-18-19)7-16-13(20)12-8-15-10-14(12)5-3-2-4-6-14/h9,12,15H,2-8,10H2,1H3,(H,16,20). The smallest absolute Gasteiger partial charge is 0.225 e. The van der Waals surface area contributed by atoms with Gasteiger partial charge in [-0.1, -0.05) is 24.5 Å². The van der Waals surface area contributed by atoms with Crippen LogP contribution < -0.4 is 10.6 Å². The van der Waals surface area contributed by atoms with E-state index in [1.807, 2.05) is 13.2 Å². The normalized spacial score (nSPS) is 24.9. The van der Waals surface area contributed by atoms with Gasteiger partial charge in [0.05, 0.1) is 12.5 Å². The second-order valence-corrected chi connectivity index (χ2v) is 6.21. The maximum absolute atomic E-state index is 12.5. The molecule has 0 radical (unpaired) electrons. The van der Waals surface area contributed by atoms with Gasteiger partial charge in [0.15, 0.2) is 0 Å². The molecule has 1 aliphatic heterocycles. The summed E-state index contributed by atoms with van der Waals surface area (Å²) < 4.78 is 1.65. The van der Waals surface area contributed by atoms with Crippen molar-refractivity contribution in [1.82, 2.24) is 25.6 Å². The molecule has 1 saturated heterocycles. The summed E-state index contributed by atoms with van der Waals surface area (Å²) >= 11 is 0. The van der Waals surface area contributed by atoms with Crippen molar-refractivity contribution in [3.05, 3.63) is 11.9 Å². The lowest BCUT2D eigenvalue weighted by molar-refractivity contribution is -0.128. The number of amides is 1. The fraction of sp³-hybridized carbons (Fsp3) is 0.786. The van der Waals surface area contributed by atoms with Crippen molar-refractivity contribution in [3.63, 3.8) is 0 Å². The van der Waals surface area contributed by atoms with Crippen molar-refractivity contribution in [2.45, 2.75) is 38.6 Å². The Balaban J connectivity index is 1.61. The van der Waals surface area contributed by atoms with Crippen molar-refractivity contribution in [2.75, 3.05) is 13.1 Å². The van der Waals surface area contributed by atoms with Gasteiger partial charge in [0, 0.05) is 26.3 Å². The highest BCUT2D eigenvalue weighted by Gasteiger charge is 2.46. The van der Waals surface area contributed by atoms with E-state index in [1.165, 1.54) is 32.1 Å². The summed E-state index contributed by atoms with van der Waals surface area (Å²) in [5.74, 6) is 0.280. The molecule has 0 aromatic carbocycles. The highest BCUT2D eigenvalue weighted by molar-refractivity contribution is 5.80. The lowest BCUT2D eigenvalue weighted by atomic mass is 9.67. The molecule has 3 rings (SSSR count). The summed E-state index contributed by atoms with van der Waals surface area (Å²) in [5, 5.41) is 14.3. The first-order valence-corrected chi connectivity index (χ1v) is 7.53. The third-order valence-corrected chi connectivity index (χ3v) is 4.82. The Morgan fingerprint density at radius 1 is 1.50 bits per heavy atom. The highest BCUT2D eigenvalue weighted by Crippen LogP contribution is 2.44. The molecule has 20 heavy (non-hydrogen) atoms. The third kappa shape index (κ3) is 2.57. The minimum atomic E-state index is 0.111. The summed E-state index contributed by atoms with van der Waals surface area (Å²) in [4.78, 5) is 12.5. The molecule has 0 bridgehead atoms. The first-order valence-electron chi connectivity index (χ1n) is 7.53. The molecule has 1 unspecified atom stereocenters. The topological polar surface area (TPSA) is 71.8 Å². The summed E-state index contributed by atoms with van der Waals surface area (Å²) in [6, 6.07) is 0. The van der Waals surface area contributed by atoms with Crippen molar-refractivity contribution < 1.29 is 4.79 Å². The second kappa shape index (κ2) is 5.52. The van der Waals surface area contributed by atoms with Crippen LogP contribution >= 0.6 is 0 Å². The molecule has 2 aliphatic rings. The number of aryl methyl sites for hydroxylation is 1. The lowest BCUT2D eigenvalue weighted by Gasteiger charge is -2.37. The molecule has 6 nitrogen and oxygen atoms in total. The van der Waals surface area contributed by atoms with Crippen LogP contribution in [0, 0.1) is 11.3 Å². The molecule has 1 atom stereocenters. The zero-order chi connectivity index (χ0) is 14.0. The molecule has 1 saturated carbocycles. The molecular weight excluding hydrogens is 254 g/mol. The van der Waals surface area contributed by atoms with Crippen LogP contribution in [0.1, 0.15) is 37.8 Å². The first-order chi connectivity index (χ1) is 9.70. The van der Waals surface area contributed by atoms with E-state index in [9.17, 15) is 4.79 Å². The van der Waals surface area contributed by atoms with E-state index in [0.29, 0.717) is 6.54 Å². The van der Waals surface area contributed by atoms with Crippen molar-refractivity contribution in [3.8, 4) is 0 Å². The summed E-state index contributed by atoms with van der Waals surface area (Å²) in [6.07, 6.45) is 8.04. The number of hydrogen-bond donors (Lipinski definition) is 2. The zero-order valence-corrected chi connectivity index (χ0v) is 12.1. The quantitative estimate of drug-likeness (QED) is 0.849. The summed E-state index contributed by atoms with van der Waals surface area (Å²) in [5.41, 5.74) is 1.01. The number of carbonyl (C=O) groups excluding carboxylic acids is 1. The van der Waals surface area contributed by atoms with E-state index in [2.05, 4.69) is 20.9 Å². The molecule has 1 amide bonds. The molecule has 1 aromatic rings. The van der Waals surface area contributed by atoms with Gasteiger partial charge < -0.3 is 10.6 Å². The SMILES string of the molecule is Cn1cc(CNC(=O)C2CNCC23CCCCC3)nn1. The maximum Gasteiger partial charge on any atom is 0.225 e. The van der Waals surface area contributed by atoms with Crippen LogP contribution in [-0.2, 0) is 18.4 Å². The Bertz CT molecular complexity index is 478. The predicted molar refractivity (Wildman–Crippen MR) is 74.7 cm³/mol. The molecule has 110 valence electrons. The van der Waals surface area contributed by atoms with Gasteiger partial charge in [-0.05, 0) is 18.3 Å². The van der Waals surface area contributed by atoms with Gasteiger partial charge in [-0.2, -0.15) is 0 Å². The fourth-order valence-electron chi connectivity index (χ4n) is 3.73. The van der Waals surface area contributed by atoms with Gasteiger partial charge >= 0.3 is 0 Å². The Morgan fingerprint density at radius 2 is 2.30 bits per heavy atom. The van der Waals surface area contributed by atoms with E-state index >= 15 is 0 Å². The third-order valence-electron chi connectivity index (χ3n) is 4.82. The predicted octanol–water partition coefficient (Wildman–Crippen LogP) is 0.601. The molecular formula is C14H23N5O. The zero-order valence-electron chi connectivity index (χ0n) is 12.1. The number of hydrogen-bond acceptors (Lipinski definition) is 4. The molecule has 1 aromatic heterocycles. The number of rotatable bonds is 3. The van der Waals surface area contributed by atoms with Crippen molar-refractivity contribution in [2.24, 2.45) is 18.4 Å². The Labute approximate surface area is 119 Å². The molecule has 2 N–H and O–H groups in total. The van der Waals surface area contributed by atoms with Gasteiger partial charge in [0.1, 0.15) is 5.69 Å². The Morgan fingerprint density at radius 3 is 3.00 bits per heavy atom.